The van der Waals surface area contributed by atoms with Gasteiger partial charge in [0.05, 0.1) is 16.7 Å². The van der Waals surface area contributed by atoms with Crippen molar-refractivity contribution in [2.45, 2.75) is 62.2 Å². The van der Waals surface area contributed by atoms with Gasteiger partial charge in [-0.1, -0.05) is 105 Å². The normalized spacial score (nSPS) is 13.1. The number of unbranched alkanes of at least 4 members (excludes halogenated alkanes) is 1. The third-order valence-electron chi connectivity index (χ3n) is 11.3. The van der Waals surface area contributed by atoms with Crippen LogP contribution in [0, 0.1) is 6.92 Å². The summed E-state index contributed by atoms with van der Waals surface area (Å²) in [5.41, 5.74) is 15.1. The monoisotopic (exact) mass is 962 g/mol. The smallest absolute Gasteiger partial charge is 0.0544 e. The van der Waals surface area contributed by atoms with E-state index in [0.29, 0.717) is 0 Å². The number of halogens is 2. The van der Waals surface area contributed by atoms with E-state index < -0.39 is 0 Å². The fraction of sp³-hybridized carbons (Fsp3) is 0.167. The number of hydrogen-bond donors (Lipinski definition) is 0. The van der Waals surface area contributed by atoms with Crippen LogP contribution >= 0.6 is 60.3 Å². The molecule has 8 aromatic rings. The minimum Gasteiger partial charge on any atom is -0.310 e. The van der Waals surface area contributed by atoms with E-state index in [0.717, 1.165) is 6.42 Å². The van der Waals surface area contributed by atoms with E-state index in [2.05, 4.69) is 213 Å². The standard InChI is InChI=1S/C48H40I2N2S2/c1-5-6-9-31-14-18-33(19-15-31)51(32-16-12-30(2)13-17-32)34-20-23-39-42(26-34)48(3,4)43-29-46(37-10-7-8-11-38(37)47(39)43)52-44-24-21-35(53-49)27-40(44)41-28-36(54-50)22-25-45(41)52/h7-8,10-29H,5-6,9H2,1-4H3. The van der Waals surface area contributed by atoms with E-state index in [4.69, 9.17) is 0 Å². The molecular formula is C48H40I2N2S2. The third-order valence-corrected chi connectivity index (χ3v) is 15.2. The van der Waals surface area contributed by atoms with Crippen LogP contribution in [-0.4, -0.2) is 4.57 Å². The van der Waals surface area contributed by atoms with Gasteiger partial charge in [0.25, 0.3) is 0 Å². The van der Waals surface area contributed by atoms with E-state index in [9.17, 15) is 0 Å². The van der Waals surface area contributed by atoms with Gasteiger partial charge in [-0.15, -0.1) is 0 Å². The second kappa shape index (κ2) is 14.6. The Labute approximate surface area is 350 Å². The number of rotatable bonds is 9. The van der Waals surface area contributed by atoms with Crippen LogP contribution in [0.15, 0.2) is 143 Å². The highest BCUT2D eigenvalue weighted by Gasteiger charge is 2.38. The molecule has 0 saturated carbocycles. The van der Waals surface area contributed by atoms with Crippen molar-refractivity contribution in [1.29, 1.82) is 0 Å². The zero-order chi connectivity index (χ0) is 37.1. The molecule has 7 aromatic carbocycles. The summed E-state index contributed by atoms with van der Waals surface area (Å²) in [5, 5.41) is 5.17. The van der Waals surface area contributed by atoms with Crippen LogP contribution in [0.2, 0.25) is 0 Å². The lowest BCUT2D eigenvalue weighted by molar-refractivity contribution is 0.660. The minimum atomic E-state index is -0.225. The SMILES string of the molecule is CCCCc1ccc(N(c2ccc(C)cc2)c2ccc3c(c2)C(C)(C)c2cc(-n4c5ccc(SI)cc5c5cc(SI)ccc54)c4ccccc4c2-3)cc1. The Balaban J connectivity index is 1.24. The van der Waals surface area contributed by atoms with E-state index in [1.165, 1.54) is 111 Å². The second-order valence-electron chi connectivity index (χ2n) is 15.0. The lowest BCUT2D eigenvalue weighted by Gasteiger charge is -2.28. The van der Waals surface area contributed by atoms with Gasteiger partial charge in [-0.3, -0.25) is 0 Å². The van der Waals surface area contributed by atoms with Gasteiger partial charge in [0.2, 0.25) is 0 Å². The first kappa shape index (κ1) is 36.2. The Kier molecular flexibility index (Phi) is 9.77. The largest absolute Gasteiger partial charge is 0.310 e. The molecule has 268 valence electrons. The first-order chi connectivity index (χ1) is 26.3. The maximum atomic E-state index is 2.52. The van der Waals surface area contributed by atoms with Gasteiger partial charge in [-0.05, 0) is 132 Å². The van der Waals surface area contributed by atoms with Crippen molar-refractivity contribution in [3.8, 4) is 16.8 Å². The number of aromatic nitrogens is 1. The van der Waals surface area contributed by atoms with Crippen molar-refractivity contribution >= 4 is 110 Å². The molecule has 0 amide bonds. The molecule has 0 aliphatic heterocycles. The summed E-state index contributed by atoms with van der Waals surface area (Å²) in [6.07, 6.45) is 3.54. The quantitative estimate of drug-likeness (QED) is 0.133. The number of benzene rings is 7. The van der Waals surface area contributed by atoms with Crippen molar-refractivity contribution in [2.24, 2.45) is 0 Å². The Morgan fingerprint density at radius 3 is 1.81 bits per heavy atom. The van der Waals surface area contributed by atoms with E-state index in [-0.39, 0.29) is 5.41 Å². The van der Waals surface area contributed by atoms with Gasteiger partial charge in [-0.2, -0.15) is 0 Å². The molecule has 0 fully saturated rings. The predicted molar refractivity (Wildman–Crippen MR) is 254 cm³/mol. The molecule has 0 radical (unpaired) electrons. The van der Waals surface area contributed by atoms with Crippen LogP contribution in [0.4, 0.5) is 17.1 Å². The zero-order valence-corrected chi connectivity index (χ0v) is 36.7. The van der Waals surface area contributed by atoms with E-state index in [1.54, 1.807) is 17.9 Å². The van der Waals surface area contributed by atoms with Crippen LogP contribution in [0.3, 0.4) is 0 Å². The van der Waals surface area contributed by atoms with E-state index >= 15 is 0 Å². The van der Waals surface area contributed by atoms with Gasteiger partial charge in [-0.25, -0.2) is 0 Å². The fourth-order valence-electron chi connectivity index (χ4n) is 8.55. The molecule has 2 nitrogen and oxygen atoms in total. The first-order valence-corrected chi connectivity index (χ1v) is 25.3. The van der Waals surface area contributed by atoms with Gasteiger partial charge < -0.3 is 9.47 Å². The number of aryl methyl sites for hydroxylation is 2. The molecule has 0 N–H and O–H groups in total. The van der Waals surface area contributed by atoms with Crippen LogP contribution in [-0.2, 0) is 11.8 Å². The van der Waals surface area contributed by atoms with Gasteiger partial charge in [0.15, 0.2) is 0 Å². The first-order valence-electron chi connectivity index (χ1n) is 18.6. The average molecular weight is 963 g/mol. The summed E-state index contributed by atoms with van der Waals surface area (Å²) < 4.78 is 2.52. The van der Waals surface area contributed by atoms with Crippen molar-refractivity contribution in [1.82, 2.24) is 4.57 Å². The topological polar surface area (TPSA) is 8.17 Å². The third kappa shape index (κ3) is 6.07. The molecule has 0 bridgehead atoms. The highest BCUT2D eigenvalue weighted by Crippen LogP contribution is 2.54. The number of fused-ring (bicyclic) bond motifs is 8. The molecule has 9 rings (SSSR count). The summed E-state index contributed by atoms with van der Waals surface area (Å²) in [6.45, 7) is 9.25. The molecule has 0 atom stereocenters. The van der Waals surface area contributed by atoms with E-state index in [1.807, 2.05) is 0 Å². The number of anilines is 3. The molecule has 0 saturated heterocycles. The lowest BCUT2D eigenvalue weighted by Crippen LogP contribution is -2.17. The fourth-order valence-corrected chi connectivity index (χ4v) is 10.8. The minimum absolute atomic E-state index is 0.225. The molecule has 0 unspecified atom stereocenters. The Bertz CT molecular complexity index is 2650. The van der Waals surface area contributed by atoms with Gasteiger partial charge in [0, 0.05) is 90.8 Å². The maximum absolute atomic E-state index is 2.52. The van der Waals surface area contributed by atoms with Crippen LogP contribution < -0.4 is 4.90 Å². The Hall–Kier alpha value is -3.44. The number of nitrogens with zero attached hydrogens (tertiary/aromatic N) is 2. The molecule has 0 spiro atoms. The lowest BCUT2D eigenvalue weighted by atomic mass is 9.81. The van der Waals surface area contributed by atoms with Crippen molar-refractivity contribution < 1.29 is 0 Å². The Morgan fingerprint density at radius 2 is 1.20 bits per heavy atom. The summed E-state index contributed by atoms with van der Waals surface area (Å²) in [7, 11) is 3.55. The predicted octanol–water partition coefficient (Wildman–Crippen LogP) is 16.2. The molecule has 54 heavy (non-hydrogen) atoms. The van der Waals surface area contributed by atoms with Crippen molar-refractivity contribution in [3.05, 3.63) is 156 Å². The highest BCUT2D eigenvalue weighted by atomic mass is 127. The van der Waals surface area contributed by atoms with Gasteiger partial charge >= 0.3 is 0 Å². The molecular weight excluding hydrogens is 922 g/mol. The van der Waals surface area contributed by atoms with Crippen LogP contribution in [0.25, 0.3) is 49.4 Å². The summed E-state index contributed by atoms with van der Waals surface area (Å²) in [4.78, 5) is 4.97. The average Bonchev–Trinajstić information content (AvgIpc) is 3.64. The molecule has 1 heterocycles. The Morgan fingerprint density at radius 1 is 0.611 bits per heavy atom. The number of hydrogen-bond acceptors (Lipinski definition) is 3. The van der Waals surface area contributed by atoms with Crippen LogP contribution in [0.5, 0.6) is 0 Å². The van der Waals surface area contributed by atoms with Crippen molar-refractivity contribution in [2.75, 3.05) is 4.90 Å². The van der Waals surface area contributed by atoms with Gasteiger partial charge in [0.1, 0.15) is 0 Å². The maximum Gasteiger partial charge on any atom is 0.0544 e. The van der Waals surface area contributed by atoms with Crippen LogP contribution in [0.1, 0.15) is 55.9 Å². The molecule has 1 aliphatic carbocycles. The summed E-state index contributed by atoms with van der Waals surface area (Å²) >= 11 is 4.80. The second-order valence-corrected chi connectivity index (χ2v) is 18.9. The zero-order valence-electron chi connectivity index (χ0n) is 30.8. The molecule has 6 heteroatoms. The summed E-state index contributed by atoms with van der Waals surface area (Å²) in [5.74, 6) is 0. The molecule has 1 aromatic heterocycles. The highest BCUT2D eigenvalue weighted by molar-refractivity contribution is 14.2. The summed E-state index contributed by atoms with van der Waals surface area (Å²) in [6, 6.07) is 50.8. The molecule has 1 aliphatic rings. The van der Waals surface area contributed by atoms with Crippen molar-refractivity contribution in [3.63, 3.8) is 0 Å².